The summed E-state index contributed by atoms with van der Waals surface area (Å²) in [5.74, 6) is -0.425. The molecule has 33 heavy (non-hydrogen) atoms. The number of imide groups is 1. The fraction of sp³-hybridized carbons (Fsp3) is 0.259. The molecule has 0 unspecified atom stereocenters. The van der Waals surface area contributed by atoms with Crippen LogP contribution in [0.3, 0.4) is 0 Å². The molecule has 0 bridgehead atoms. The number of rotatable bonds is 6. The Bertz CT molecular complexity index is 1130. The van der Waals surface area contributed by atoms with Gasteiger partial charge in [-0.25, -0.2) is 0 Å². The Labute approximate surface area is 199 Å². The predicted octanol–water partition coefficient (Wildman–Crippen LogP) is 4.50. The van der Waals surface area contributed by atoms with Gasteiger partial charge in [0.25, 0.3) is 11.8 Å². The van der Waals surface area contributed by atoms with Crippen LogP contribution in [0.4, 0.5) is 5.69 Å². The molecular weight excluding hydrogens is 434 g/mol. The van der Waals surface area contributed by atoms with Crippen LogP contribution >= 0.6 is 11.6 Å². The van der Waals surface area contributed by atoms with E-state index in [1.807, 2.05) is 30.3 Å². The molecule has 3 aromatic rings. The normalized spacial score (nSPS) is 16.4. The summed E-state index contributed by atoms with van der Waals surface area (Å²) >= 11 is 6.35. The molecule has 2 aliphatic heterocycles. The van der Waals surface area contributed by atoms with E-state index in [4.69, 9.17) is 11.6 Å². The van der Waals surface area contributed by atoms with E-state index in [2.05, 4.69) is 28.0 Å². The molecule has 0 aliphatic carbocycles. The van der Waals surface area contributed by atoms with E-state index in [1.54, 1.807) is 24.3 Å². The van der Waals surface area contributed by atoms with Crippen molar-refractivity contribution in [1.29, 1.82) is 0 Å². The van der Waals surface area contributed by atoms with E-state index in [-0.39, 0.29) is 11.8 Å². The molecule has 0 radical (unpaired) electrons. The Morgan fingerprint density at radius 2 is 1.27 bits per heavy atom. The lowest BCUT2D eigenvalue weighted by Gasteiger charge is -2.36. The maximum absolute atomic E-state index is 12.6. The number of hydrogen-bond donors (Lipinski definition) is 0. The second-order valence-electron chi connectivity index (χ2n) is 8.59. The third-order valence-corrected chi connectivity index (χ3v) is 6.84. The Morgan fingerprint density at radius 3 is 1.91 bits per heavy atom. The zero-order valence-electron chi connectivity index (χ0n) is 18.4. The minimum atomic E-state index is -0.212. The zero-order valence-corrected chi connectivity index (χ0v) is 19.2. The number of halogens is 1. The topological polar surface area (TPSA) is 43.9 Å². The summed E-state index contributed by atoms with van der Waals surface area (Å²) in [5.41, 5.74) is 4.33. The van der Waals surface area contributed by atoms with E-state index in [0.717, 1.165) is 55.4 Å². The smallest absolute Gasteiger partial charge is 0.261 e. The first-order valence-corrected chi connectivity index (χ1v) is 11.7. The van der Waals surface area contributed by atoms with Gasteiger partial charge in [0.1, 0.15) is 0 Å². The number of nitrogens with zero attached hydrogens (tertiary/aromatic N) is 3. The molecule has 0 spiro atoms. The number of anilines is 1. The SMILES string of the molecule is O=C1c2ccccc2C(=O)N1Cc1ccc(CCN2CCN(c3ccccc3Cl)CC2)cc1. The monoisotopic (exact) mass is 459 g/mol. The first kappa shape index (κ1) is 21.7. The first-order chi connectivity index (χ1) is 16.1. The van der Waals surface area contributed by atoms with Crippen molar-refractivity contribution in [3.05, 3.63) is 100 Å². The summed E-state index contributed by atoms with van der Waals surface area (Å²) in [6, 6.07) is 23.3. The molecule has 1 fully saturated rings. The summed E-state index contributed by atoms with van der Waals surface area (Å²) in [6.45, 7) is 5.29. The highest BCUT2D eigenvalue weighted by Gasteiger charge is 2.34. The van der Waals surface area contributed by atoms with Gasteiger partial charge in [0.15, 0.2) is 0 Å². The number of benzene rings is 3. The summed E-state index contributed by atoms with van der Waals surface area (Å²) < 4.78 is 0. The molecule has 2 aliphatic rings. The molecule has 168 valence electrons. The molecule has 0 N–H and O–H groups in total. The maximum Gasteiger partial charge on any atom is 0.261 e. The Balaban J connectivity index is 1.12. The number of para-hydroxylation sites is 1. The molecular formula is C27H26ClN3O2. The number of carbonyl (C=O) groups excluding carboxylic acids is 2. The van der Waals surface area contributed by atoms with E-state index in [1.165, 1.54) is 10.5 Å². The number of amides is 2. The van der Waals surface area contributed by atoms with Crippen molar-refractivity contribution in [1.82, 2.24) is 9.80 Å². The van der Waals surface area contributed by atoms with Crippen LogP contribution in [0.5, 0.6) is 0 Å². The van der Waals surface area contributed by atoms with Crippen LogP contribution < -0.4 is 4.90 Å². The fourth-order valence-corrected chi connectivity index (χ4v) is 4.84. The van der Waals surface area contributed by atoms with Crippen LogP contribution in [0, 0.1) is 0 Å². The molecule has 1 saturated heterocycles. The second kappa shape index (κ2) is 9.38. The average Bonchev–Trinajstić information content (AvgIpc) is 3.09. The molecule has 0 saturated carbocycles. The van der Waals surface area contributed by atoms with Crippen molar-refractivity contribution in [3.63, 3.8) is 0 Å². The third kappa shape index (κ3) is 4.52. The summed E-state index contributed by atoms with van der Waals surface area (Å²) in [5, 5.41) is 0.812. The van der Waals surface area contributed by atoms with E-state index in [9.17, 15) is 9.59 Å². The van der Waals surface area contributed by atoms with Crippen molar-refractivity contribution in [3.8, 4) is 0 Å². The predicted molar refractivity (Wildman–Crippen MR) is 131 cm³/mol. The van der Waals surface area contributed by atoms with E-state index < -0.39 is 0 Å². The number of carbonyl (C=O) groups is 2. The summed E-state index contributed by atoms with van der Waals surface area (Å²) in [4.78, 5) is 31.3. The number of piperazine rings is 1. The number of fused-ring (bicyclic) bond motifs is 1. The van der Waals surface area contributed by atoms with Gasteiger partial charge in [-0.15, -0.1) is 0 Å². The summed E-state index contributed by atoms with van der Waals surface area (Å²) in [6.07, 6.45) is 0.972. The maximum atomic E-state index is 12.6. The van der Waals surface area contributed by atoms with Crippen molar-refractivity contribution < 1.29 is 9.59 Å². The van der Waals surface area contributed by atoms with Crippen LogP contribution in [-0.4, -0.2) is 54.3 Å². The minimum absolute atomic E-state index is 0.212. The molecule has 2 heterocycles. The van der Waals surface area contributed by atoms with Gasteiger partial charge in [-0.2, -0.15) is 0 Å². The zero-order chi connectivity index (χ0) is 22.8. The highest BCUT2D eigenvalue weighted by atomic mass is 35.5. The van der Waals surface area contributed by atoms with Crippen molar-refractivity contribution in [2.45, 2.75) is 13.0 Å². The van der Waals surface area contributed by atoms with Crippen LogP contribution in [0.15, 0.2) is 72.8 Å². The van der Waals surface area contributed by atoms with Crippen molar-refractivity contribution in [2.75, 3.05) is 37.6 Å². The molecule has 3 aromatic carbocycles. The van der Waals surface area contributed by atoms with Gasteiger partial charge in [0, 0.05) is 32.7 Å². The van der Waals surface area contributed by atoms with Crippen LogP contribution in [0.1, 0.15) is 31.8 Å². The fourth-order valence-electron chi connectivity index (χ4n) is 4.58. The Kier molecular flexibility index (Phi) is 6.16. The van der Waals surface area contributed by atoms with Gasteiger partial charge >= 0.3 is 0 Å². The van der Waals surface area contributed by atoms with Gasteiger partial charge in [-0.05, 0) is 41.8 Å². The summed E-state index contributed by atoms with van der Waals surface area (Å²) in [7, 11) is 0. The Hall–Kier alpha value is -3.15. The second-order valence-corrected chi connectivity index (χ2v) is 9.00. The molecule has 2 amide bonds. The quantitative estimate of drug-likeness (QED) is 0.509. The molecule has 0 atom stereocenters. The minimum Gasteiger partial charge on any atom is -0.368 e. The lowest BCUT2D eigenvalue weighted by molar-refractivity contribution is 0.0642. The standard InChI is InChI=1S/C27H26ClN3O2/c28-24-7-3-4-8-25(24)30-17-15-29(16-18-30)14-13-20-9-11-21(12-10-20)19-31-26(32)22-5-1-2-6-23(22)27(31)33/h1-12H,13-19H2. The van der Waals surface area contributed by atoms with Crippen LogP contribution in [0.25, 0.3) is 0 Å². The largest absolute Gasteiger partial charge is 0.368 e. The van der Waals surface area contributed by atoms with Gasteiger partial charge < -0.3 is 4.90 Å². The van der Waals surface area contributed by atoms with Gasteiger partial charge in [-0.1, -0.05) is 60.1 Å². The van der Waals surface area contributed by atoms with Gasteiger partial charge in [0.2, 0.25) is 0 Å². The molecule has 5 nitrogen and oxygen atoms in total. The van der Waals surface area contributed by atoms with E-state index >= 15 is 0 Å². The van der Waals surface area contributed by atoms with Crippen LogP contribution in [-0.2, 0) is 13.0 Å². The lowest BCUT2D eigenvalue weighted by atomic mass is 10.1. The lowest BCUT2D eigenvalue weighted by Crippen LogP contribution is -2.47. The van der Waals surface area contributed by atoms with Crippen LogP contribution in [0.2, 0.25) is 5.02 Å². The van der Waals surface area contributed by atoms with Gasteiger partial charge in [-0.3, -0.25) is 19.4 Å². The average molecular weight is 460 g/mol. The highest BCUT2D eigenvalue weighted by Crippen LogP contribution is 2.26. The van der Waals surface area contributed by atoms with Gasteiger partial charge in [0.05, 0.1) is 28.4 Å². The highest BCUT2D eigenvalue weighted by molar-refractivity contribution is 6.33. The molecule has 6 heteroatoms. The molecule has 0 aromatic heterocycles. The third-order valence-electron chi connectivity index (χ3n) is 6.52. The first-order valence-electron chi connectivity index (χ1n) is 11.3. The van der Waals surface area contributed by atoms with E-state index in [0.29, 0.717) is 17.7 Å². The van der Waals surface area contributed by atoms with Crippen molar-refractivity contribution in [2.24, 2.45) is 0 Å². The van der Waals surface area contributed by atoms with Crippen molar-refractivity contribution >= 4 is 29.1 Å². The molecule has 5 rings (SSSR count). The Morgan fingerprint density at radius 1 is 0.697 bits per heavy atom. The number of hydrogen-bond acceptors (Lipinski definition) is 4.